The summed E-state index contributed by atoms with van der Waals surface area (Å²) in [4.78, 5) is 24.7. The number of nitrogens with zero attached hydrogens (tertiary/aromatic N) is 1. The molecule has 3 N–H and O–H groups in total. The van der Waals surface area contributed by atoms with Crippen LogP contribution in [0.1, 0.15) is 19.8 Å². The Morgan fingerprint density at radius 2 is 1.94 bits per heavy atom. The summed E-state index contributed by atoms with van der Waals surface area (Å²) in [5, 5.41) is 8.11. The SMILES string of the molecule is CCNC(=O)NC(=O)CN(C)C1CCNCC1.Cl. The van der Waals surface area contributed by atoms with Gasteiger partial charge in [-0.2, -0.15) is 0 Å². The number of imide groups is 1. The van der Waals surface area contributed by atoms with Crippen molar-refractivity contribution in [2.45, 2.75) is 25.8 Å². The standard InChI is InChI=1S/C11H22N4O2.ClH/c1-3-13-11(17)14-10(16)8-15(2)9-4-6-12-7-5-9;/h9,12H,3-8H2,1-2H3,(H2,13,14,16,17);1H. The van der Waals surface area contributed by atoms with Crippen molar-refractivity contribution >= 4 is 24.3 Å². The van der Waals surface area contributed by atoms with E-state index >= 15 is 0 Å². The first-order chi connectivity index (χ1) is 8.13. The number of hydrogen-bond acceptors (Lipinski definition) is 4. The lowest BCUT2D eigenvalue weighted by Gasteiger charge is -2.30. The first-order valence-corrected chi connectivity index (χ1v) is 6.12. The summed E-state index contributed by atoms with van der Waals surface area (Å²) >= 11 is 0. The van der Waals surface area contributed by atoms with Crippen molar-refractivity contribution in [2.75, 3.05) is 33.2 Å². The van der Waals surface area contributed by atoms with Crippen LogP contribution in [0.25, 0.3) is 0 Å². The molecule has 1 heterocycles. The van der Waals surface area contributed by atoms with Crippen molar-refractivity contribution < 1.29 is 9.59 Å². The highest BCUT2D eigenvalue weighted by molar-refractivity contribution is 5.95. The molecular formula is C11H23ClN4O2. The van der Waals surface area contributed by atoms with E-state index < -0.39 is 6.03 Å². The molecule has 1 aliphatic rings. The number of urea groups is 1. The van der Waals surface area contributed by atoms with Gasteiger partial charge in [0.1, 0.15) is 0 Å². The van der Waals surface area contributed by atoms with Gasteiger partial charge in [-0.3, -0.25) is 15.0 Å². The lowest BCUT2D eigenvalue weighted by Crippen LogP contribution is -2.48. The van der Waals surface area contributed by atoms with Crippen LogP contribution >= 0.6 is 12.4 Å². The molecule has 3 amide bonds. The van der Waals surface area contributed by atoms with Crippen molar-refractivity contribution in [1.29, 1.82) is 0 Å². The van der Waals surface area contributed by atoms with Gasteiger partial charge in [0, 0.05) is 12.6 Å². The molecule has 106 valence electrons. The average Bonchev–Trinajstić information content (AvgIpc) is 2.30. The molecule has 1 fully saturated rings. The monoisotopic (exact) mass is 278 g/mol. The lowest BCUT2D eigenvalue weighted by molar-refractivity contribution is -0.121. The van der Waals surface area contributed by atoms with Crippen LogP contribution in [0.2, 0.25) is 0 Å². The van der Waals surface area contributed by atoms with Crippen LogP contribution in [0.5, 0.6) is 0 Å². The van der Waals surface area contributed by atoms with E-state index in [-0.39, 0.29) is 24.9 Å². The van der Waals surface area contributed by atoms with Gasteiger partial charge in [0.2, 0.25) is 5.91 Å². The van der Waals surface area contributed by atoms with E-state index in [9.17, 15) is 9.59 Å². The summed E-state index contributed by atoms with van der Waals surface area (Å²) in [7, 11) is 1.92. The van der Waals surface area contributed by atoms with Gasteiger partial charge in [-0.25, -0.2) is 4.79 Å². The third-order valence-corrected chi connectivity index (χ3v) is 2.92. The Morgan fingerprint density at radius 3 is 2.50 bits per heavy atom. The van der Waals surface area contributed by atoms with Crippen molar-refractivity contribution in [3.05, 3.63) is 0 Å². The van der Waals surface area contributed by atoms with E-state index in [4.69, 9.17) is 0 Å². The van der Waals surface area contributed by atoms with Crippen LogP contribution in [0, 0.1) is 0 Å². The average molecular weight is 279 g/mol. The summed E-state index contributed by atoms with van der Waals surface area (Å²) in [5.74, 6) is -0.253. The summed E-state index contributed by atoms with van der Waals surface area (Å²) in [6.07, 6.45) is 2.09. The van der Waals surface area contributed by atoms with Crippen molar-refractivity contribution in [1.82, 2.24) is 20.9 Å². The molecule has 0 bridgehead atoms. The fourth-order valence-corrected chi connectivity index (χ4v) is 1.97. The molecule has 0 atom stereocenters. The Labute approximate surface area is 114 Å². The highest BCUT2D eigenvalue weighted by Gasteiger charge is 2.20. The van der Waals surface area contributed by atoms with Gasteiger partial charge < -0.3 is 10.6 Å². The molecule has 0 aliphatic carbocycles. The van der Waals surface area contributed by atoms with Crippen LogP contribution in [-0.2, 0) is 4.79 Å². The minimum absolute atomic E-state index is 0. The van der Waals surface area contributed by atoms with Gasteiger partial charge in [0.15, 0.2) is 0 Å². The van der Waals surface area contributed by atoms with Crippen LogP contribution in [0.3, 0.4) is 0 Å². The topological polar surface area (TPSA) is 73.5 Å². The zero-order valence-corrected chi connectivity index (χ0v) is 11.8. The van der Waals surface area contributed by atoms with Crippen molar-refractivity contribution in [3.63, 3.8) is 0 Å². The molecule has 0 aromatic heterocycles. The second-order valence-electron chi connectivity index (χ2n) is 4.30. The van der Waals surface area contributed by atoms with E-state index in [0.29, 0.717) is 12.6 Å². The first-order valence-electron chi connectivity index (χ1n) is 6.12. The number of rotatable bonds is 4. The Hall–Kier alpha value is -0.850. The number of halogens is 1. The molecule has 0 saturated carbocycles. The van der Waals surface area contributed by atoms with Gasteiger partial charge in [0.25, 0.3) is 0 Å². The summed E-state index contributed by atoms with van der Waals surface area (Å²) in [6.45, 7) is 4.58. The minimum atomic E-state index is -0.420. The smallest absolute Gasteiger partial charge is 0.321 e. The number of likely N-dealkylation sites (N-methyl/N-ethyl adjacent to an activating group) is 1. The highest BCUT2D eigenvalue weighted by Crippen LogP contribution is 2.08. The fraction of sp³-hybridized carbons (Fsp3) is 0.818. The third-order valence-electron chi connectivity index (χ3n) is 2.92. The van der Waals surface area contributed by atoms with E-state index in [1.165, 1.54) is 0 Å². The maximum atomic E-state index is 11.6. The quantitative estimate of drug-likeness (QED) is 0.674. The Bertz CT molecular complexity index is 270. The van der Waals surface area contributed by atoms with E-state index in [2.05, 4.69) is 16.0 Å². The lowest BCUT2D eigenvalue weighted by atomic mass is 10.1. The number of piperidine rings is 1. The van der Waals surface area contributed by atoms with E-state index in [0.717, 1.165) is 25.9 Å². The molecule has 0 radical (unpaired) electrons. The number of carbonyl (C=O) groups is 2. The van der Waals surface area contributed by atoms with Crippen molar-refractivity contribution in [3.8, 4) is 0 Å². The van der Waals surface area contributed by atoms with Gasteiger partial charge in [0.05, 0.1) is 6.54 Å². The van der Waals surface area contributed by atoms with Crippen LogP contribution in [-0.4, -0.2) is 56.1 Å². The molecular weight excluding hydrogens is 256 g/mol. The van der Waals surface area contributed by atoms with E-state index in [1.54, 1.807) is 0 Å². The molecule has 1 rings (SSSR count). The Kier molecular flexibility index (Phi) is 8.70. The van der Waals surface area contributed by atoms with Gasteiger partial charge in [-0.05, 0) is 39.9 Å². The Morgan fingerprint density at radius 1 is 1.33 bits per heavy atom. The van der Waals surface area contributed by atoms with Crippen molar-refractivity contribution in [2.24, 2.45) is 0 Å². The molecule has 1 saturated heterocycles. The predicted octanol–water partition coefficient (Wildman–Crippen LogP) is -0.0623. The number of nitrogens with one attached hydrogen (secondary N) is 3. The van der Waals surface area contributed by atoms with Gasteiger partial charge >= 0.3 is 6.03 Å². The molecule has 6 nitrogen and oxygen atoms in total. The number of hydrogen-bond donors (Lipinski definition) is 3. The molecule has 0 unspecified atom stereocenters. The third kappa shape index (κ3) is 6.18. The normalized spacial score (nSPS) is 15.9. The summed E-state index contributed by atoms with van der Waals surface area (Å²) in [5.41, 5.74) is 0. The zero-order chi connectivity index (χ0) is 12.7. The first kappa shape index (κ1) is 17.2. The summed E-state index contributed by atoms with van der Waals surface area (Å²) in [6, 6.07) is 0.00690. The maximum absolute atomic E-state index is 11.6. The van der Waals surface area contributed by atoms with Crippen LogP contribution in [0.4, 0.5) is 4.79 Å². The van der Waals surface area contributed by atoms with Crippen LogP contribution < -0.4 is 16.0 Å². The van der Waals surface area contributed by atoms with Crippen LogP contribution in [0.15, 0.2) is 0 Å². The van der Waals surface area contributed by atoms with Gasteiger partial charge in [-0.15, -0.1) is 12.4 Å². The predicted molar refractivity (Wildman–Crippen MR) is 73.0 cm³/mol. The molecule has 18 heavy (non-hydrogen) atoms. The zero-order valence-electron chi connectivity index (χ0n) is 11.0. The highest BCUT2D eigenvalue weighted by atomic mass is 35.5. The molecule has 7 heteroatoms. The number of amides is 3. The second kappa shape index (κ2) is 9.13. The molecule has 0 aromatic carbocycles. The molecule has 0 aromatic rings. The minimum Gasteiger partial charge on any atom is -0.338 e. The molecule has 1 aliphatic heterocycles. The largest absolute Gasteiger partial charge is 0.338 e. The second-order valence-corrected chi connectivity index (χ2v) is 4.30. The molecule has 0 spiro atoms. The Balaban J connectivity index is 0.00000289. The summed E-state index contributed by atoms with van der Waals surface area (Å²) < 4.78 is 0. The fourth-order valence-electron chi connectivity index (χ4n) is 1.97. The number of carbonyl (C=O) groups excluding carboxylic acids is 2. The van der Waals surface area contributed by atoms with E-state index in [1.807, 2.05) is 18.9 Å². The van der Waals surface area contributed by atoms with Gasteiger partial charge in [-0.1, -0.05) is 0 Å². The maximum Gasteiger partial charge on any atom is 0.321 e.